The maximum atomic E-state index is 13.7. The van der Waals surface area contributed by atoms with Crippen LogP contribution >= 0.6 is 0 Å². The molecule has 5 heteroatoms. The lowest BCUT2D eigenvalue weighted by atomic mass is 10.0. The highest BCUT2D eigenvalue weighted by Crippen LogP contribution is 2.20. The first kappa shape index (κ1) is 13.5. The molecular weight excluding hydrogens is 255 g/mol. The van der Waals surface area contributed by atoms with E-state index in [9.17, 15) is 4.39 Å². The van der Waals surface area contributed by atoms with E-state index in [4.69, 9.17) is 5.26 Å². The van der Waals surface area contributed by atoms with Crippen LogP contribution in [0.15, 0.2) is 18.2 Å². The second-order valence-corrected chi connectivity index (χ2v) is 5.55. The SMILES string of the molecule is N#Cc1ccc(F)c(CN2CC(N3CCNCC3)C2)c1. The first-order valence-electron chi connectivity index (χ1n) is 7.12. The Labute approximate surface area is 118 Å². The fraction of sp³-hybridized carbons (Fsp3) is 0.533. The fourth-order valence-corrected chi connectivity index (χ4v) is 2.96. The van der Waals surface area contributed by atoms with Crippen LogP contribution in [0.4, 0.5) is 4.39 Å². The molecule has 1 N–H and O–H groups in total. The van der Waals surface area contributed by atoms with Crippen LogP contribution in [-0.2, 0) is 6.54 Å². The molecule has 0 aromatic heterocycles. The quantitative estimate of drug-likeness (QED) is 0.885. The van der Waals surface area contributed by atoms with Crippen molar-refractivity contribution in [3.8, 4) is 6.07 Å². The summed E-state index contributed by atoms with van der Waals surface area (Å²) in [6.07, 6.45) is 0. The van der Waals surface area contributed by atoms with Gasteiger partial charge in [0.25, 0.3) is 0 Å². The monoisotopic (exact) mass is 274 g/mol. The third-order valence-electron chi connectivity index (χ3n) is 4.17. The summed E-state index contributed by atoms with van der Waals surface area (Å²) in [4.78, 5) is 4.75. The van der Waals surface area contributed by atoms with E-state index in [0.717, 1.165) is 39.3 Å². The van der Waals surface area contributed by atoms with Gasteiger partial charge in [0, 0.05) is 57.4 Å². The zero-order chi connectivity index (χ0) is 13.9. The number of nitrogens with one attached hydrogen (secondary N) is 1. The highest BCUT2D eigenvalue weighted by molar-refractivity contribution is 5.33. The second kappa shape index (κ2) is 5.88. The smallest absolute Gasteiger partial charge is 0.127 e. The lowest BCUT2D eigenvalue weighted by Gasteiger charge is -2.46. The van der Waals surface area contributed by atoms with Crippen molar-refractivity contribution in [3.05, 3.63) is 35.1 Å². The molecule has 0 atom stereocenters. The van der Waals surface area contributed by atoms with Crippen LogP contribution in [0.25, 0.3) is 0 Å². The molecule has 0 unspecified atom stereocenters. The molecule has 20 heavy (non-hydrogen) atoms. The van der Waals surface area contributed by atoms with E-state index in [-0.39, 0.29) is 5.82 Å². The predicted octanol–water partition coefficient (Wildman–Crippen LogP) is 0.787. The fourth-order valence-electron chi connectivity index (χ4n) is 2.96. The zero-order valence-corrected chi connectivity index (χ0v) is 11.5. The Morgan fingerprint density at radius 2 is 2.05 bits per heavy atom. The van der Waals surface area contributed by atoms with E-state index >= 15 is 0 Å². The van der Waals surface area contributed by atoms with Crippen molar-refractivity contribution < 1.29 is 4.39 Å². The number of benzene rings is 1. The number of hydrogen-bond acceptors (Lipinski definition) is 4. The van der Waals surface area contributed by atoms with Crippen LogP contribution in [0, 0.1) is 17.1 Å². The van der Waals surface area contributed by atoms with Crippen LogP contribution in [0.5, 0.6) is 0 Å². The highest BCUT2D eigenvalue weighted by atomic mass is 19.1. The van der Waals surface area contributed by atoms with Crippen molar-refractivity contribution >= 4 is 0 Å². The van der Waals surface area contributed by atoms with Gasteiger partial charge in [-0.25, -0.2) is 4.39 Å². The molecule has 2 heterocycles. The molecule has 2 aliphatic heterocycles. The van der Waals surface area contributed by atoms with Crippen LogP contribution in [0.1, 0.15) is 11.1 Å². The molecule has 1 aromatic rings. The van der Waals surface area contributed by atoms with E-state index in [2.05, 4.69) is 21.2 Å². The van der Waals surface area contributed by atoms with Crippen LogP contribution in [0.3, 0.4) is 0 Å². The van der Waals surface area contributed by atoms with Crippen molar-refractivity contribution in [2.24, 2.45) is 0 Å². The van der Waals surface area contributed by atoms with Gasteiger partial charge in [-0.15, -0.1) is 0 Å². The molecule has 0 saturated carbocycles. The van der Waals surface area contributed by atoms with Gasteiger partial charge in [0.1, 0.15) is 5.82 Å². The van der Waals surface area contributed by atoms with E-state index in [0.29, 0.717) is 23.7 Å². The minimum atomic E-state index is -0.213. The summed E-state index contributed by atoms with van der Waals surface area (Å²) in [6, 6.07) is 7.25. The minimum Gasteiger partial charge on any atom is -0.314 e. The lowest BCUT2D eigenvalue weighted by molar-refractivity contribution is 0.0217. The molecule has 4 nitrogen and oxygen atoms in total. The lowest BCUT2D eigenvalue weighted by Crippen LogP contribution is -2.62. The largest absolute Gasteiger partial charge is 0.314 e. The summed E-state index contributed by atoms with van der Waals surface area (Å²) in [5.74, 6) is -0.213. The number of likely N-dealkylation sites (tertiary alicyclic amines) is 1. The topological polar surface area (TPSA) is 42.3 Å². The van der Waals surface area contributed by atoms with E-state index in [1.54, 1.807) is 6.07 Å². The maximum absolute atomic E-state index is 13.7. The van der Waals surface area contributed by atoms with Crippen molar-refractivity contribution in [3.63, 3.8) is 0 Å². The van der Waals surface area contributed by atoms with Crippen LogP contribution < -0.4 is 5.32 Å². The molecule has 2 aliphatic rings. The Kier molecular flexibility index (Phi) is 3.97. The molecular formula is C15H19FN4. The van der Waals surface area contributed by atoms with Gasteiger partial charge in [-0.3, -0.25) is 9.80 Å². The number of rotatable bonds is 3. The Bertz CT molecular complexity index is 513. The molecule has 0 amide bonds. The number of hydrogen-bond donors (Lipinski definition) is 1. The first-order chi connectivity index (χ1) is 9.76. The third kappa shape index (κ3) is 2.83. The Balaban J connectivity index is 1.54. The van der Waals surface area contributed by atoms with Gasteiger partial charge >= 0.3 is 0 Å². The summed E-state index contributed by atoms with van der Waals surface area (Å²) >= 11 is 0. The average Bonchev–Trinajstić information content (AvgIpc) is 2.45. The van der Waals surface area contributed by atoms with Gasteiger partial charge in [-0.2, -0.15) is 5.26 Å². The molecule has 3 rings (SSSR count). The van der Waals surface area contributed by atoms with Gasteiger partial charge in [0.2, 0.25) is 0 Å². The Morgan fingerprint density at radius 3 is 2.75 bits per heavy atom. The summed E-state index contributed by atoms with van der Waals surface area (Å²) in [5.41, 5.74) is 1.16. The Hall–Kier alpha value is -1.48. The summed E-state index contributed by atoms with van der Waals surface area (Å²) < 4.78 is 13.7. The van der Waals surface area contributed by atoms with E-state index in [1.165, 1.54) is 12.1 Å². The molecule has 0 bridgehead atoms. The predicted molar refractivity (Wildman–Crippen MR) is 74.6 cm³/mol. The summed E-state index contributed by atoms with van der Waals surface area (Å²) in [6.45, 7) is 6.94. The molecule has 0 aliphatic carbocycles. The van der Waals surface area contributed by atoms with Gasteiger partial charge in [-0.1, -0.05) is 0 Å². The minimum absolute atomic E-state index is 0.213. The van der Waals surface area contributed by atoms with Crippen molar-refractivity contribution in [1.29, 1.82) is 5.26 Å². The van der Waals surface area contributed by atoms with E-state index < -0.39 is 0 Å². The third-order valence-corrected chi connectivity index (χ3v) is 4.17. The molecule has 0 spiro atoms. The van der Waals surface area contributed by atoms with Crippen molar-refractivity contribution in [2.45, 2.75) is 12.6 Å². The maximum Gasteiger partial charge on any atom is 0.127 e. The Morgan fingerprint density at radius 1 is 1.30 bits per heavy atom. The number of piperazine rings is 1. The van der Waals surface area contributed by atoms with E-state index in [1.807, 2.05) is 0 Å². The van der Waals surface area contributed by atoms with Gasteiger partial charge < -0.3 is 5.32 Å². The van der Waals surface area contributed by atoms with Gasteiger partial charge in [0.05, 0.1) is 11.6 Å². The van der Waals surface area contributed by atoms with Gasteiger partial charge in [0.15, 0.2) is 0 Å². The average molecular weight is 274 g/mol. The summed E-state index contributed by atoms with van der Waals surface area (Å²) in [7, 11) is 0. The van der Waals surface area contributed by atoms with Crippen molar-refractivity contribution in [1.82, 2.24) is 15.1 Å². The van der Waals surface area contributed by atoms with Gasteiger partial charge in [-0.05, 0) is 18.2 Å². The molecule has 0 radical (unpaired) electrons. The number of nitrogens with zero attached hydrogens (tertiary/aromatic N) is 3. The number of halogens is 1. The second-order valence-electron chi connectivity index (χ2n) is 5.55. The molecule has 106 valence electrons. The first-order valence-corrected chi connectivity index (χ1v) is 7.12. The zero-order valence-electron chi connectivity index (χ0n) is 11.5. The molecule has 2 fully saturated rings. The number of nitriles is 1. The summed E-state index contributed by atoms with van der Waals surface area (Å²) in [5, 5.41) is 12.2. The van der Waals surface area contributed by atoms with Crippen LogP contribution in [0.2, 0.25) is 0 Å². The highest BCUT2D eigenvalue weighted by Gasteiger charge is 2.32. The van der Waals surface area contributed by atoms with Crippen molar-refractivity contribution in [2.75, 3.05) is 39.3 Å². The molecule has 2 saturated heterocycles. The standard InChI is InChI=1S/C15H19FN4/c16-15-2-1-12(8-17)7-13(15)9-19-10-14(11-19)20-5-3-18-4-6-20/h1-2,7,14,18H,3-6,9-11H2. The normalized spacial score (nSPS) is 21.4. The van der Waals surface area contributed by atoms with Crippen LogP contribution in [-0.4, -0.2) is 55.1 Å². The molecule has 1 aromatic carbocycles.